The molecule has 1 fully saturated rings. The van der Waals surface area contributed by atoms with Crippen LogP contribution in [0.4, 0.5) is 10.5 Å². The first-order valence-corrected chi connectivity index (χ1v) is 7.46. The number of anilines is 1. The number of hydrogen-bond acceptors (Lipinski definition) is 5. The van der Waals surface area contributed by atoms with Gasteiger partial charge in [0.05, 0.1) is 13.0 Å². The number of carbonyl (C=O) groups is 1. The van der Waals surface area contributed by atoms with Gasteiger partial charge in [0, 0.05) is 5.69 Å². The average molecular weight is 317 g/mol. The summed E-state index contributed by atoms with van der Waals surface area (Å²) in [6, 6.07) is 7.86. The van der Waals surface area contributed by atoms with Crippen LogP contribution >= 0.6 is 0 Å². The number of aromatic amines is 1. The number of cyclic esters (lactones) is 1. The molecule has 1 aliphatic rings. The minimum absolute atomic E-state index is 0.0596. The van der Waals surface area contributed by atoms with Gasteiger partial charge in [0.25, 0.3) is 0 Å². The van der Waals surface area contributed by atoms with Crippen LogP contribution < -0.4 is 10.7 Å². The number of benzene rings is 1. The van der Waals surface area contributed by atoms with E-state index in [-0.39, 0.29) is 17.7 Å². The highest BCUT2D eigenvalue weighted by molar-refractivity contribution is 5.89. The first kappa shape index (κ1) is 15.3. The third-order valence-electron chi connectivity index (χ3n) is 3.80. The number of nitrogens with one attached hydrogen (secondary N) is 1. The van der Waals surface area contributed by atoms with E-state index >= 15 is 0 Å². The molecule has 3 rings (SSSR count). The van der Waals surface area contributed by atoms with E-state index in [1.807, 2.05) is 24.3 Å². The number of rotatable bonds is 3. The fraction of sp³-hybridized carbons (Fsp3) is 0.438. The number of carbonyl (C=O) groups excluding carboxylic acids is 1. The lowest BCUT2D eigenvalue weighted by atomic mass is 9.87. The molecule has 1 aromatic heterocycles. The maximum atomic E-state index is 12.0. The van der Waals surface area contributed by atoms with Crippen molar-refractivity contribution in [2.24, 2.45) is 0 Å². The average Bonchev–Trinajstić information content (AvgIpc) is 3.04. The zero-order valence-electron chi connectivity index (χ0n) is 13.3. The minimum atomic E-state index is -0.612. The molecule has 122 valence electrons. The standard InChI is InChI=1S/C16H19N3O4/c1-16(2,3)10-4-6-11(7-5-10)19-9-12(22-15(19)21)8-13-17-18-14(20)23-13/h4-7,12H,8-9H2,1-3H3,(H,18,20). The third kappa shape index (κ3) is 3.28. The molecule has 1 aliphatic heterocycles. The molecular weight excluding hydrogens is 298 g/mol. The van der Waals surface area contributed by atoms with Gasteiger partial charge in [-0.05, 0) is 23.1 Å². The number of H-pyrrole nitrogens is 1. The van der Waals surface area contributed by atoms with Gasteiger partial charge in [0.2, 0.25) is 5.89 Å². The number of ether oxygens (including phenoxy) is 1. The lowest BCUT2D eigenvalue weighted by molar-refractivity contribution is 0.137. The Morgan fingerprint density at radius 2 is 1.96 bits per heavy atom. The summed E-state index contributed by atoms with van der Waals surface area (Å²) >= 11 is 0. The number of aromatic nitrogens is 2. The van der Waals surface area contributed by atoms with Crippen LogP contribution in [-0.2, 0) is 16.6 Å². The molecule has 1 unspecified atom stereocenters. The van der Waals surface area contributed by atoms with Crippen molar-refractivity contribution in [1.82, 2.24) is 10.2 Å². The normalized spacial score (nSPS) is 18.3. The van der Waals surface area contributed by atoms with Gasteiger partial charge in [-0.2, -0.15) is 0 Å². The van der Waals surface area contributed by atoms with Gasteiger partial charge in [0.1, 0.15) is 6.10 Å². The van der Waals surface area contributed by atoms with Crippen molar-refractivity contribution in [2.75, 3.05) is 11.4 Å². The zero-order chi connectivity index (χ0) is 16.6. The van der Waals surface area contributed by atoms with Gasteiger partial charge < -0.3 is 9.15 Å². The first-order chi connectivity index (χ1) is 10.8. The van der Waals surface area contributed by atoms with Crippen LogP contribution in [0.1, 0.15) is 32.2 Å². The minimum Gasteiger partial charge on any atom is -0.443 e. The van der Waals surface area contributed by atoms with Crippen LogP contribution in [0, 0.1) is 0 Å². The van der Waals surface area contributed by atoms with Crippen LogP contribution in [0.2, 0.25) is 0 Å². The van der Waals surface area contributed by atoms with Crippen molar-refractivity contribution in [1.29, 1.82) is 0 Å². The number of hydrogen-bond donors (Lipinski definition) is 1. The topological polar surface area (TPSA) is 88.4 Å². The molecule has 0 spiro atoms. The maximum absolute atomic E-state index is 12.0. The fourth-order valence-electron chi connectivity index (χ4n) is 2.52. The molecular formula is C16H19N3O4. The predicted molar refractivity (Wildman–Crippen MR) is 83.6 cm³/mol. The van der Waals surface area contributed by atoms with E-state index in [0.29, 0.717) is 6.54 Å². The lowest BCUT2D eigenvalue weighted by Gasteiger charge is -2.20. The van der Waals surface area contributed by atoms with Crippen LogP contribution in [0.3, 0.4) is 0 Å². The molecule has 7 nitrogen and oxygen atoms in total. The van der Waals surface area contributed by atoms with Crippen molar-refractivity contribution < 1.29 is 13.9 Å². The Labute approximate surface area is 133 Å². The summed E-state index contributed by atoms with van der Waals surface area (Å²) in [5, 5.41) is 5.92. The molecule has 2 aromatic rings. The molecule has 0 aliphatic carbocycles. The summed E-state index contributed by atoms with van der Waals surface area (Å²) in [4.78, 5) is 24.5. The van der Waals surface area contributed by atoms with E-state index in [4.69, 9.17) is 9.15 Å². The Kier molecular flexibility index (Phi) is 3.71. The second kappa shape index (κ2) is 5.57. The highest BCUT2D eigenvalue weighted by Gasteiger charge is 2.33. The molecule has 0 radical (unpaired) electrons. The smallest absolute Gasteiger partial charge is 0.434 e. The Hall–Kier alpha value is -2.57. The van der Waals surface area contributed by atoms with E-state index in [9.17, 15) is 9.59 Å². The first-order valence-electron chi connectivity index (χ1n) is 7.46. The van der Waals surface area contributed by atoms with Gasteiger partial charge >= 0.3 is 11.8 Å². The van der Waals surface area contributed by atoms with Crippen molar-refractivity contribution in [3.05, 3.63) is 46.3 Å². The van der Waals surface area contributed by atoms with Gasteiger partial charge in [-0.15, -0.1) is 5.10 Å². The Bertz CT molecular complexity index is 755. The molecule has 1 atom stereocenters. The van der Waals surface area contributed by atoms with Crippen molar-refractivity contribution in [3.8, 4) is 0 Å². The zero-order valence-corrected chi connectivity index (χ0v) is 13.3. The highest BCUT2D eigenvalue weighted by Crippen LogP contribution is 2.27. The monoisotopic (exact) mass is 317 g/mol. The summed E-state index contributed by atoms with van der Waals surface area (Å²) in [6.45, 7) is 6.81. The number of amides is 1. The molecule has 1 amide bonds. The Balaban J connectivity index is 1.71. The summed E-state index contributed by atoms with van der Waals surface area (Å²) < 4.78 is 10.2. The SMILES string of the molecule is CC(C)(C)c1ccc(N2CC(Cc3n[nH]c(=O)o3)OC2=O)cc1. The molecule has 0 saturated carbocycles. The van der Waals surface area contributed by atoms with E-state index in [1.165, 1.54) is 5.56 Å². The van der Waals surface area contributed by atoms with Crippen LogP contribution in [0.5, 0.6) is 0 Å². The maximum Gasteiger partial charge on any atom is 0.434 e. The molecule has 7 heteroatoms. The largest absolute Gasteiger partial charge is 0.443 e. The summed E-state index contributed by atoms with van der Waals surface area (Å²) in [5.41, 5.74) is 2.04. The highest BCUT2D eigenvalue weighted by atomic mass is 16.6. The third-order valence-corrected chi connectivity index (χ3v) is 3.80. The quantitative estimate of drug-likeness (QED) is 0.937. The van der Waals surface area contributed by atoms with E-state index in [1.54, 1.807) is 4.90 Å². The molecule has 2 heterocycles. The lowest BCUT2D eigenvalue weighted by Crippen LogP contribution is -2.25. The van der Waals surface area contributed by atoms with Crippen molar-refractivity contribution in [3.63, 3.8) is 0 Å². The summed E-state index contributed by atoms with van der Waals surface area (Å²) in [7, 11) is 0. The number of nitrogens with zero attached hydrogens (tertiary/aromatic N) is 2. The van der Waals surface area contributed by atoms with Crippen LogP contribution in [0.15, 0.2) is 33.5 Å². The molecule has 1 saturated heterocycles. The van der Waals surface area contributed by atoms with Crippen molar-refractivity contribution >= 4 is 11.8 Å². The summed E-state index contributed by atoms with van der Waals surface area (Å²) in [6.07, 6.45) is -0.534. The second-order valence-corrected chi connectivity index (χ2v) is 6.62. The fourth-order valence-corrected chi connectivity index (χ4v) is 2.52. The molecule has 1 N–H and O–H groups in total. The van der Waals surface area contributed by atoms with Crippen molar-refractivity contribution in [2.45, 2.75) is 38.7 Å². The Morgan fingerprint density at radius 1 is 1.26 bits per heavy atom. The van der Waals surface area contributed by atoms with Crippen LogP contribution in [-0.4, -0.2) is 28.9 Å². The van der Waals surface area contributed by atoms with Gasteiger partial charge in [-0.3, -0.25) is 4.90 Å². The Morgan fingerprint density at radius 3 is 2.52 bits per heavy atom. The van der Waals surface area contributed by atoms with Gasteiger partial charge in [-0.25, -0.2) is 14.7 Å². The predicted octanol–water partition coefficient (Wildman–Crippen LogP) is 2.23. The van der Waals surface area contributed by atoms with Crippen LogP contribution in [0.25, 0.3) is 0 Å². The van der Waals surface area contributed by atoms with Gasteiger partial charge in [0.15, 0.2) is 0 Å². The van der Waals surface area contributed by atoms with E-state index in [0.717, 1.165) is 5.69 Å². The molecule has 1 aromatic carbocycles. The van der Waals surface area contributed by atoms with Gasteiger partial charge in [-0.1, -0.05) is 32.9 Å². The molecule has 23 heavy (non-hydrogen) atoms. The second-order valence-electron chi connectivity index (χ2n) is 6.62. The van der Waals surface area contributed by atoms with E-state index in [2.05, 4.69) is 31.0 Å². The van der Waals surface area contributed by atoms with E-state index < -0.39 is 18.0 Å². The molecule has 0 bridgehead atoms. The summed E-state index contributed by atoms with van der Waals surface area (Å²) in [5.74, 6) is -0.378.